The number of nitrogen functional groups attached to an aromatic ring is 1. The molecule has 0 amide bonds. The third kappa shape index (κ3) is 2.72. The van der Waals surface area contributed by atoms with Crippen molar-refractivity contribution < 1.29 is 4.74 Å². The van der Waals surface area contributed by atoms with Crippen LogP contribution in [0.4, 0.5) is 5.69 Å². The Morgan fingerprint density at radius 1 is 1.33 bits per heavy atom. The summed E-state index contributed by atoms with van der Waals surface area (Å²) < 4.78 is 5.36. The lowest BCUT2D eigenvalue weighted by atomic mass is 9.91. The van der Waals surface area contributed by atoms with E-state index >= 15 is 0 Å². The number of hydrogen-bond acceptors (Lipinski definition) is 2. The third-order valence-electron chi connectivity index (χ3n) is 3.15. The summed E-state index contributed by atoms with van der Waals surface area (Å²) in [5.41, 5.74) is 9.52. The van der Waals surface area contributed by atoms with Crippen molar-refractivity contribution >= 4 is 5.69 Å². The zero-order chi connectivity index (χ0) is 10.7. The second-order valence-corrected chi connectivity index (χ2v) is 4.46. The fourth-order valence-corrected chi connectivity index (χ4v) is 2.17. The number of ether oxygens (including phenoxy) is 1. The molecule has 2 nitrogen and oxygen atoms in total. The predicted molar refractivity (Wildman–Crippen MR) is 62.8 cm³/mol. The molecule has 1 aliphatic heterocycles. The van der Waals surface area contributed by atoms with E-state index in [1.165, 1.54) is 24.0 Å². The summed E-state index contributed by atoms with van der Waals surface area (Å²) in [7, 11) is 0. The Labute approximate surface area is 91.4 Å². The first-order chi connectivity index (χ1) is 7.25. The molecule has 1 aliphatic rings. The minimum atomic E-state index is 0.753. The van der Waals surface area contributed by atoms with Gasteiger partial charge in [0.2, 0.25) is 0 Å². The SMILES string of the molecule is Cc1ccc(N)c(CC2CCOCC2)c1. The summed E-state index contributed by atoms with van der Waals surface area (Å²) in [6.45, 7) is 3.94. The van der Waals surface area contributed by atoms with Crippen LogP contribution >= 0.6 is 0 Å². The molecule has 15 heavy (non-hydrogen) atoms. The summed E-state index contributed by atoms with van der Waals surface area (Å²) in [6.07, 6.45) is 3.46. The van der Waals surface area contributed by atoms with Gasteiger partial charge in [-0.05, 0) is 43.7 Å². The minimum absolute atomic E-state index is 0.753. The Bertz CT molecular complexity index is 329. The Balaban J connectivity index is 2.05. The van der Waals surface area contributed by atoms with Gasteiger partial charge in [-0.1, -0.05) is 17.7 Å². The molecule has 0 aromatic heterocycles. The first-order valence-corrected chi connectivity index (χ1v) is 5.68. The van der Waals surface area contributed by atoms with Crippen LogP contribution in [0.2, 0.25) is 0 Å². The van der Waals surface area contributed by atoms with Crippen molar-refractivity contribution in [3.63, 3.8) is 0 Å². The maximum atomic E-state index is 5.98. The van der Waals surface area contributed by atoms with Gasteiger partial charge < -0.3 is 10.5 Å². The van der Waals surface area contributed by atoms with E-state index in [1.54, 1.807) is 0 Å². The number of hydrogen-bond donors (Lipinski definition) is 1. The van der Waals surface area contributed by atoms with E-state index in [9.17, 15) is 0 Å². The van der Waals surface area contributed by atoms with Gasteiger partial charge in [0, 0.05) is 18.9 Å². The molecule has 0 aliphatic carbocycles. The molecule has 2 rings (SSSR count). The molecular formula is C13H19NO. The lowest BCUT2D eigenvalue weighted by Crippen LogP contribution is -2.18. The Morgan fingerprint density at radius 2 is 2.07 bits per heavy atom. The van der Waals surface area contributed by atoms with E-state index in [4.69, 9.17) is 10.5 Å². The molecule has 1 aromatic rings. The van der Waals surface area contributed by atoms with E-state index in [0.717, 1.165) is 31.2 Å². The van der Waals surface area contributed by atoms with E-state index in [1.807, 2.05) is 6.07 Å². The average Bonchev–Trinajstić information content (AvgIpc) is 2.25. The van der Waals surface area contributed by atoms with Gasteiger partial charge in [-0.2, -0.15) is 0 Å². The van der Waals surface area contributed by atoms with E-state index < -0.39 is 0 Å². The van der Waals surface area contributed by atoms with Crippen molar-refractivity contribution in [1.82, 2.24) is 0 Å². The van der Waals surface area contributed by atoms with Crippen LogP contribution in [0.15, 0.2) is 18.2 Å². The third-order valence-corrected chi connectivity index (χ3v) is 3.15. The molecule has 1 fully saturated rings. The highest BCUT2D eigenvalue weighted by Crippen LogP contribution is 2.23. The summed E-state index contributed by atoms with van der Waals surface area (Å²) in [6, 6.07) is 6.30. The molecule has 2 heteroatoms. The summed E-state index contributed by atoms with van der Waals surface area (Å²) in [5.74, 6) is 0.753. The van der Waals surface area contributed by atoms with Crippen LogP contribution in [-0.2, 0) is 11.2 Å². The molecule has 0 atom stereocenters. The van der Waals surface area contributed by atoms with Crippen LogP contribution in [0.3, 0.4) is 0 Å². The van der Waals surface area contributed by atoms with Gasteiger partial charge in [0.25, 0.3) is 0 Å². The monoisotopic (exact) mass is 205 g/mol. The first kappa shape index (κ1) is 10.5. The van der Waals surface area contributed by atoms with Gasteiger partial charge in [-0.15, -0.1) is 0 Å². The molecular weight excluding hydrogens is 186 g/mol. The predicted octanol–water partition coefficient (Wildman–Crippen LogP) is 2.55. The van der Waals surface area contributed by atoms with Crippen molar-refractivity contribution in [2.75, 3.05) is 18.9 Å². The van der Waals surface area contributed by atoms with Crippen molar-refractivity contribution in [3.05, 3.63) is 29.3 Å². The maximum Gasteiger partial charge on any atom is 0.0468 e. The molecule has 0 bridgehead atoms. The molecule has 0 saturated carbocycles. The first-order valence-electron chi connectivity index (χ1n) is 5.68. The molecule has 0 spiro atoms. The van der Waals surface area contributed by atoms with E-state index in [2.05, 4.69) is 19.1 Å². The summed E-state index contributed by atoms with van der Waals surface area (Å²) in [4.78, 5) is 0. The summed E-state index contributed by atoms with van der Waals surface area (Å²) in [5, 5.41) is 0. The number of rotatable bonds is 2. The molecule has 1 saturated heterocycles. The normalized spacial score (nSPS) is 17.9. The molecule has 0 unspecified atom stereocenters. The fourth-order valence-electron chi connectivity index (χ4n) is 2.17. The molecule has 1 aromatic carbocycles. The van der Waals surface area contributed by atoms with Gasteiger partial charge >= 0.3 is 0 Å². The van der Waals surface area contributed by atoms with Gasteiger partial charge in [0.05, 0.1) is 0 Å². The highest BCUT2D eigenvalue weighted by atomic mass is 16.5. The quantitative estimate of drug-likeness (QED) is 0.753. The van der Waals surface area contributed by atoms with Gasteiger partial charge in [0.15, 0.2) is 0 Å². The maximum absolute atomic E-state index is 5.98. The zero-order valence-corrected chi connectivity index (χ0v) is 9.33. The van der Waals surface area contributed by atoms with Gasteiger partial charge in [0.1, 0.15) is 0 Å². The topological polar surface area (TPSA) is 35.2 Å². The second kappa shape index (κ2) is 4.67. The lowest BCUT2D eigenvalue weighted by Gasteiger charge is -2.22. The van der Waals surface area contributed by atoms with Crippen LogP contribution < -0.4 is 5.73 Å². The Hall–Kier alpha value is -1.02. The van der Waals surface area contributed by atoms with E-state index in [-0.39, 0.29) is 0 Å². The fraction of sp³-hybridized carbons (Fsp3) is 0.538. The van der Waals surface area contributed by atoms with E-state index in [0.29, 0.717) is 0 Å². The van der Waals surface area contributed by atoms with Crippen LogP contribution in [0.1, 0.15) is 24.0 Å². The smallest absolute Gasteiger partial charge is 0.0468 e. The average molecular weight is 205 g/mol. The van der Waals surface area contributed by atoms with Crippen molar-refractivity contribution in [2.45, 2.75) is 26.2 Å². The number of aryl methyl sites for hydroxylation is 1. The lowest BCUT2D eigenvalue weighted by molar-refractivity contribution is 0.0666. The molecule has 1 heterocycles. The van der Waals surface area contributed by atoms with Crippen LogP contribution in [-0.4, -0.2) is 13.2 Å². The molecule has 2 N–H and O–H groups in total. The summed E-state index contributed by atoms with van der Waals surface area (Å²) >= 11 is 0. The number of anilines is 1. The van der Waals surface area contributed by atoms with Crippen LogP contribution in [0.5, 0.6) is 0 Å². The van der Waals surface area contributed by atoms with Crippen molar-refractivity contribution in [1.29, 1.82) is 0 Å². The van der Waals surface area contributed by atoms with Gasteiger partial charge in [-0.25, -0.2) is 0 Å². The van der Waals surface area contributed by atoms with Crippen LogP contribution in [0.25, 0.3) is 0 Å². The van der Waals surface area contributed by atoms with Gasteiger partial charge in [-0.3, -0.25) is 0 Å². The standard InChI is InChI=1S/C13H19NO/c1-10-2-3-13(14)12(8-10)9-11-4-6-15-7-5-11/h2-3,8,11H,4-7,9,14H2,1H3. The van der Waals surface area contributed by atoms with Crippen molar-refractivity contribution in [3.8, 4) is 0 Å². The minimum Gasteiger partial charge on any atom is -0.399 e. The zero-order valence-electron chi connectivity index (χ0n) is 9.33. The Morgan fingerprint density at radius 3 is 2.80 bits per heavy atom. The largest absolute Gasteiger partial charge is 0.399 e. The Kier molecular flexibility index (Phi) is 3.27. The molecule has 82 valence electrons. The number of nitrogens with two attached hydrogens (primary N) is 1. The van der Waals surface area contributed by atoms with Crippen molar-refractivity contribution in [2.24, 2.45) is 5.92 Å². The number of benzene rings is 1. The highest BCUT2D eigenvalue weighted by molar-refractivity contribution is 5.48. The highest BCUT2D eigenvalue weighted by Gasteiger charge is 2.15. The molecule has 0 radical (unpaired) electrons. The second-order valence-electron chi connectivity index (χ2n) is 4.46. The van der Waals surface area contributed by atoms with Crippen LogP contribution in [0, 0.1) is 12.8 Å².